The van der Waals surface area contributed by atoms with Gasteiger partial charge in [0.05, 0.1) is 29.1 Å². The van der Waals surface area contributed by atoms with Crippen LogP contribution in [0.2, 0.25) is 5.02 Å². The van der Waals surface area contributed by atoms with Crippen LogP contribution >= 0.6 is 11.6 Å². The van der Waals surface area contributed by atoms with E-state index in [4.69, 9.17) is 21.6 Å². The Morgan fingerprint density at radius 3 is 2.66 bits per heavy atom. The van der Waals surface area contributed by atoms with Crippen LogP contribution in [-0.4, -0.2) is 54.9 Å². The molecule has 5 rings (SSSR count). The van der Waals surface area contributed by atoms with Gasteiger partial charge in [0.15, 0.2) is 11.5 Å². The molecule has 3 N–H and O–H groups in total. The number of nitrogens with zero attached hydrogens (tertiary/aromatic N) is 5. The monoisotopic (exact) mass is 410 g/mol. The molecule has 1 aliphatic rings. The zero-order valence-corrected chi connectivity index (χ0v) is 16.4. The summed E-state index contributed by atoms with van der Waals surface area (Å²) in [6.07, 6.45) is 1.86. The third-order valence-corrected chi connectivity index (χ3v) is 5.54. The van der Waals surface area contributed by atoms with Crippen molar-refractivity contribution in [1.29, 1.82) is 0 Å². The van der Waals surface area contributed by atoms with Crippen LogP contribution in [0, 0.1) is 6.92 Å². The highest BCUT2D eigenvalue weighted by Gasteiger charge is 2.30. The fourth-order valence-corrected chi connectivity index (χ4v) is 3.91. The third kappa shape index (κ3) is 3.05. The lowest BCUT2D eigenvalue weighted by atomic mass is 10.2. The number of para-hydroxylation sites is 1. The number of rotatable bonds is 3. The summed E-state index contributed by atoms with van der Waals surface area (Å²) in [6, 6.07) is 9.43. The third-order valence-electron chi connectivity index (χ3n) is 5.23. The predicted octanol–water partition coefficient (Wildman–Crippen LogP) is 2.52. The number of nitrogens with one attached hydrogen (secondary N) is 1. The second-order valence-electron chi connectivity index (χ2n) is 7.22. The van der Waals surface area contributed by atoms with Crippen molar-refractivity contribution in [2.45, 2.75) is 19.1 Å². The van der Waals surface area contributed by atoms with Crippen LogP contribution in [0.3, 0.4) is 0 Å². The van der Waals surface area contributed by atoms with E-state index in [1.54, 1.807) is 12.5 Å². The number of anilines is 3. The number of hydrogen-bond acceptors (Lipinski definition) is 7. The molecule has 148 valence electrons. The number of fused-ring (bicyclic) bond motifs is 3. The zero-order chi connectivity index (χ0) is 20.1. The number of β-amino-alcohol motifs (C(OH)–C–C–N with tert-alkyl or cyclic N) is 2. The Kier molecular flexibility index (Phi) is 4.27. The molecule has 29 heavy (non-hydrogen) atoms. The van der Waals surface area contributed by atoms with Gasteiger partial charge in [-0.3, -0.25) is 4.40 Å². The number of pyridine rings is 1. The predicted molar refractivity (Wildman–Crippen MR) is 112 cm³/mol. The van der Waals surface area contributed by atoms with Crippen LogP contribution in [0.4, 0.5) is 17.3 Å². The molecule has 2 atom stereocenters. The summed E-state index contributed by atoms with van der Waals surface area (Å²) in [4.78, 5) is 15.6. The summed E-state index contributed by atoms with van der Waals surface area (Å²) in [5, 5.41) is 23.6. The highest BCUT2D eigenvalue weighted by Crippen LogP contribution is 2.31. The van der Waals surface area contributed by atoms with Crippen LogP contribution < -0.4 is 10.2 Å². The van der Waals surface area contributed by atoms with Crippen molar-refractivity contribution in [2.24, 2.45) is 0 Å². The number of benzene rings is 1. The lowest BCUT2D eigenvalue weighted by molar-refractivity contribution is 0.0572. The summed E-state index contributed by atoms with van der Waals surface area (Å²) >= 11 is 6.37. The molecule has 0 bridgehead atoms. The van der Waals surface area contributed by atoms with Gasteiger partial charge in [0.2, 0.25) is 0 Å². The minimum Gasteiger partial charge on any atom is -0.389 e. The summed E-state index contributed by atoms with van der Waals surface area (Å²) in [5.74, 6) is 1.31. The van der Waals surface area contributed by atoms with E-state index < -0.39 is 12.2 Å². The normalized spacial score (nSPS) is 19.4. The molecule has 1 saturated heterocycles. The SMILES string of the molecule is Cc1cccc(Cl)c1Nc1nc2ccc(N3C[C@H](O)[C@@H](O)C3)nc2n2cncc12. The quantitative estimate of drug-likeness (QED) is 0.477. The van der Waals surface area contributed by atoms with Crippen molar-refractivity contribution in [1.82, 2.24) is 19.4 Å². The van der Waals surface area contributed by atoms with Crippen molar-refractivity contribution in [3.8, 4) is 0 Å². The molecule has 1 fully saturated rings. The standard InChI is InChI=1S/C20H19ClN6O2/c1-11-3-2-4-12(21)18(11)25-19-14-7-22-10-27(14)20-13(23-19)5-6-17(24-20)26-8-15(28)16(29)9-26/h2-7,10,15-16,28-29H,8-9H2,1H3,(H,23,25)/t15-,16-/m0/s1. The Balaban J connectivity index is 1.61. The molecule has 0 radical (unpaired) electrons. The van der Waals surface area contributed by atoms with E-state index in [0.29, 0.717) is 40.9 Å². The van der Waals surface area contributed by atoms with Gasteiger partial charge in [-0.25, -0.2) is 15.0 Å². The van der Waals surface area contributed by atoms with E-state index in [1.165, 1.54) is 0 Å². The fraction of sp³-hybridized carbons (Fsp3) is 0.250. The van der Waals surface area contributed by atoms with E-state index >= 15 is 0 Å². The number of aryl methyl sites for hydroxylation is 1. The highest BCUT2D eigenvalue weighted by atomic mass is 35.5. The first-order chi connectivity index (χ1) is 14.0. The summed E-state index contributed by atoms with van der Waals surface area (Å²) in [6.45, 7) is 2.66. The molecule has 0 saturated carbocycles. The van der Waals surface area contributed by atoms with E-state index in [2.05, 4.69) is 10.3 Å². The van der Waals surface area contributed by atoms with Gasteiger partial charge in [0.25, 0.3) is 0 Å². The van der Waals surface area contributed by atoms with Gasteiger partial charge < -0.3 is 20.4 Å². The molecule has 0 aliphatic carbocycles. The number of halogens is 1. The Morgan fingerprint density at radius 1 is 1.10 bits per heavy atom. The van der Waals surface area contributed by atoms with Gasteiger partial charge in [-0.2, -0.15) is 0 Å². The Hall–Kier alpha value is -2.94. The van der Waals surface area contributed by atoms with E-state index in [1.807, 2.05) is 46.6 Å². The number of aliphatic hydroxyl groups is 2. The van der Waals surface area contributed by atoms with Crippen molar-refractivity contribution in [2.75, 3.05) is 23.3 Å². The second kappa shape index (κ2) is 6.84. The number of aliphatic hydroxyl groups excluding tert-OH is 2. The van der Waals surface area contributed by atoms with Crippen LogP contribution in [0.15, 0.2) is 42.9 Å². The topological polar surface area (TPSA) is 98.8 Å². The first kappa shape index (κ1) is 18.1. The Labute approximate surface area is 171 Å². The smallest absolute Gasteiger partial charge is 0.166 e. The molecule has 1 aromatic carbocycles. The van der Waals surface area contributed by atoms with Gasteiger partial charge >= 0.3 is 0 Å². The highest BCUT2D eigenvalue weighted by molar-refractivity contribution is 6.33. The van der Waals surface area contributed by atoms with Crippen LogP contribution in [0.5, 0.6) is 0 Å². The van der Waals surface area contributed by atoms with Crippen LogP contribution in [-0.2, 0) is 0 Å². The maximum Gasteiger partial charge on any atom is 0.166 e. The van der Waals surface area contributed by atoms with Crippen LogP contribution in [0.1, 0.15) is 5.56 Å². The molecule has 4 heterocycles. The lowest BCUT2D eigenvalue weighted by Crippen LogP contribution is -2.22. The first-order valence-corrected chi connectivity index (χ1v) is 9.65. The summed E-state index contributed by atoms with van der Waals surface area (Å²) < 4.78 is 1.86. The molecule has 9 heteroatoms. The molecular weight excluding hydrogens is 392 g/mol. The molecule has 0 amide bonds. The Bertz CT molecular complexity index is 1200. The van der Waals surface area contributed by atoms with Gasteiger partial charge in [-0.1, -0.05) is 23.7 Å². The van der Waals surface area contributed by atoms with Gasteiger partial charge in [-0.15, -0.1) is 0 Å². The van der Waals surface area contributed by atoms with Gasteiger partial charge in [-0.05, 0) is 30.7 Å². The molecule has 8 nitrogen and oxygen atoms in total. The van der Waals surface area contributed by atoms with Crippen LogP contribution in [0.25, 0.3) is 16.7 Å². The van der Waals surface area contributed by atoms with Gasteiger partial charge in [0, 0.05) is 13.1 Å². The molecular formula is C20H19ClN6O2. The lowest BCUT2D eigenvalue weighted by Gasteiger charge is -2.17. The van der Waals surface area contributed by atoms with E-state index in [0.717, 1.165) is 16.8 Å². The summed E-state index contributed by atoms with van der Waals surface area (Å²) in [7, 11) is 0. The Morgan fingerprint density at radius 2 is 1.90 bits per heavy atom. The number of hydrogen-bond donors (Lipinski definition) is 3. The minimum atomic E-state index is -0.774. The number of imidazole rings is 1. The van der Waals surface area contributed by atoms with Gasteiger partial charge in [0.1, 0.15) is 23.2 Å². The zero-order valence-electron chi connectivity index (χ0n) is 15.6. The molecule has 0 spiro atoms. The van der Waals surface area contributed by atoms with Crippen molar-refractivity contribution in [3.63, 3.8) is 0 Å². The molecule has 1 aliphatic heterocycles. The number of aromatic nitrogens is 4. The summed E-state index contributed by atoms with van der Waals surface area (Å²) in [5.41, 5.74) is 3.91. The maximum absolute atomic E-state index is 9.84. The van der Waals surface area contributed by atoms with Crippen molar-refractivity contribution >= 4 is 45.6 Å². The first-order valence-electron chi connectivity index (χ1n) is 9.27. The molecule has 0 unspecified atom stereocenters. The van der Waals surface area contributed by atoms with E-state index in [-0.39, 0.29) is 0 Å². The average Bonchev–Trinajstić information content (AvgIpc) is 3.32. The fourth-order valence-electron chi connectivity index (χ4n) is 3.65. The second-order valence-corrected chi connectivity index (χ2v) is 7.63. The molecule has 3 aromatic heterocycles. The average molecular weight is 411 g/mol. The van der Waals surface area contributed by atoms with Crippen molar-refractivity contribution in [3.05, 3.63) is 53.4 Å². The maximum atomic E-state index is 9.84. The van der Waals surface area contributed by atoms with E-state index in [9.17, 15) is 10.2 Å². The largest absolute Gasteiger partial charge is 0.389 e. The molecule has 4 aromatic rings. The van der Waals surface area contributed by atoms with Crippen molar-refractivity contribution < 1.29 is 10.2 Å². The minimum absolute atomic E-state index is 0.339.